The molecule has 0 aromatic carbocycles. The highest BCUT2D eigenvalue weighted by Gasteiger charge is 2.13. The van der Waals surface area contributed by atoms with E-state index in [0.29, 0.717) is 17.8 Å². The summed E-state index contributed by atoms with van der Waals surface area (Å²) in [7, 11) is 0. The summed E-state index contributed by atoms with van der Waals surface area (Å²) in [5, 5.41) is 0. The first kappa shape index (κ1) is 155. The molecule has 140 heavy (non-hydrogen) atoms. The number of rotatable bonds is 79. The second-order valence-electron chi connectivity index (χ2n) is 50.8. The summed E-state index contributed by atoms with van der Waals surface area (Å²) < 4.78 is 0. The van der Waals surface area contributed by atoms with Crippen LogP contribution in [0.3, 0.4) is 0 Å². The zero-order chi connectivity index (χ0) is 109. The van der Waals surface area contributed by atoms with Gasteiger partial charge in [-0.15, -0.1) is 19.7 Å². The maximum atomic E-state index is 4.06. The van der Waals surface area contributed by atoms with Gasteiger partial charge in [0.05, 0.1) is 0 Å². The monoisotopic (exact) mass is 1960 g/mol. The summed E-state index contributed by atoms with van der Waals surface area (Å²) >= 11 is 0. The normalized spacial score (nSPS) is 14.8. The molecule has 0 aliphatic heterocycles. The van der Waals surface area contributed by atoms with Gasteiger partial charge in [0.1, 0.15) is 0 Å². The van der Waals surface area contributed by atoms with Crippen LogP contribution in [0.1, 0.15) is 657 Å². The minimum absolute atomic E-state index is 0.690. The molecule has 0 heteroatoms. The fourth-order valence-corrected chi connectivity index (χ4v) is 17.3. The van der Waals surface area contributed by atoms with Crippen LogP contribution in [-0.4, -0.2) is 0 Å². The predicted octanol–water partition coefficient (Wildman–Crippen LogP) is 51.6. The summed E-state index contributed by atoms with van der Waals surface area (Å²) in [6.45, 7) is 112. The van der Waals surface area contributed by atoms with Gasteiger partial charge in [0, 0.05) is 0 Å². The third kappa shape index (κ3) is 146. The summed E-state index contributed by atoms with van der Waals surface area (Å²) in [5.41, 5.74) is 10.6. The molecule has 0 rings (SSSR count). The predicted molar refractivity (Wildman–Crippen MR) is 663 cm³/mol. The van der Waals surface area contributed by atoms with Crippen LogP contribution in [0.4, 0.5) is 0 Å². The van der Waals surface area contributed by atoms with Crippen molar-refractivity contribution in [2.75, 3.05) is 0 Å². The van der Waals surface area contributed by atoms with Gasteiger partial charge in [0.2, 0.25) is 0 Å². The molecule has 0 spiro atoms. The maximum Gasteiger partial charge on any atom is -0.0265 e. The Morgan fingerprint density at radius 2 is 0.379 bits per heavy atom. The van der Waals surface area contributed by atoms with Gasteiger partial charge >= 0.3 is 0 Å². The Bertz CT molecular complexity index is 2680. The van der Waals surface area contributed by atoms with Crippen LogP contribution >= 0.6 is 0 Å². The van der Waals surface area contributed by atoms with Crippen LogP contribution < -0.4 is 0 Å². The Hall–Kier alpha value is -2.60. The molecule has 0 saturated heterocycles. The third-order valence-corrected chi connectivity index (χ3v) is 30.2. The van der Waals surface area contributed by atoms with E-state index < -0.39 is 0 Å². The van der Waals surface area contributed by atoms with Crippen LogP contribution in [0.25, 0.3) is 0 Å². The second kappa shape index (κ2) is 115. The average Bonchev–Trinajstić information content (AvgIpc) is 0.927. The molecule has 14 unspecified atom stereocenters. The van der Waals surface area contributed by atoms with Crippen LogP contribution in [0.5, 0.6) is 0 Å². The molecule has 0 saturated carbocycles. The highest BCUT2D eigenvalue weighted by Crippen LogP contribution is 2.29. The largest absolute Gasteiger partial charge is 0.103 e. The van der Waals surface area contributed by atoms with Gasteiger partial charge in [0.25, 0.3) is 0 Å². The number of allylic oxidation sites excluding steroid dienone is 16. The van der Waals surface area contributed by atoms with E-state index in [2.05, 4.69) is 372 Å². The van der Waals surface area contributed by atoms with Gasteiger partial charge in [-0.25, -0.2) is 0 Å². The van der Waals surface area contributed by atoms with E-state index in [1.165, 1.54) is 376 Å². The Morgan fingerprint density at radius 3 is 0.621 bits per heavy atom. The zero-order valence-electron chi connectivity index (χ0n) is 106. The zero-order valence-corrected chi connectivity index (χ0v) is 106. The quantitative estimate of drug-likeness (QED) is 0.0533. The first-order chi connectivity index (χ1) is 65.9. The van der Waals surface area contributed by atoms with Gasteiger partial charge in [-0.3, -0.25) is 0 Å². The lowest BCUT2D eigenvalue weighted by Gasteiger charge is -2.15. The second-order valence-corrected chi connectivity index (χ2v) is 50.8. The van der Waals surface area contributed by atoms with Crippen LogP contribution in [0.15, 0.2) is 120 Å². The molecule has 0 aromatic rings. The average molecular weight is 1960 g/mol. The first-order valence-corrected chi connectivity index (χ1v) is 62.3. The van der Waals surface area contributed by atoms with Crippen molar-refractivity contribution < 1.29 is 0 Å². The van der Waals surface area contributed by atoms with Gasteiger partial charge in [-0.2, -0.15) is 0 Å². The fraction of sp³-hybridized carbons (Fsp3) is 0.857. The molecule has 838 valence electrons. The van der Waals surface area contributed by atoms with Gasteiger partial charge in [-0.1, -0.05) is 547 Å². The van der Waals surface area contributed by atoms with Crippen molar-refractivity contribution in [1.82, 2.24) is 0 Å². The molecular weight excluding hydrogens is 1680 g/mol. The maximum absolute atomic E-state index is 4.06. The summed E-state index contributed by atoms with van der Waals surface area (Å²) in [5.74, 6) is 18.2. The molecule has 14 atom stereocenters. The molecule has 0 amide bonds. The van der Waals surface area contributed by atoms with Crippen molar-refractivity contribution in [3.05, 3.63) is 120 Å². The lowest BCUT2D eigenvalue weighted by Crippen LogP contribution is -2.00. The van der Waals surface area contributed by atoms with E-state index in [1.54, 1.807) is 22.3 Å². The molecule has 0 radical (unpaired) electrons. The molecule has 0 aromatic heterocycles. The molecular formula is C140H278. The Morgan fingerprint density at radius 1 is 0.193 bits per heavy atom. The van der Waals surface area contributed by atoms with E-state index in [4.69, 9.17) is 0 Å². The van der Waals surface area contributed by atoms with Crippen molar-refractivity contribution in [2.45, 2.75) is 657 Å². The summed E-state index contributed by atoms with van der Waals surface area (Å²) in [6, 6.07) is 0. The standard InChI is InChI=1S/C20H40.7C15H30.C15H28/c1-7-18(4)12-9-14-20(6)16-10-15-19(5)13-8-11-17(2)3;8*1-6-14(4)10-8-12-15(5)11-7-9-13(2)3/h7,17-20H,1,8-16H2,2-6H3;12-14H,6-11H2,1-5H3;11,13-14H,6-10,12H2,1-5H3;10,13,15H,6-9,11-12H2,1-5H3;9,14-15H,6-8,10-12H2,1-5H3;6,13,15H,7-12H2,1-5H3;13,15H,4,6-12H2,1-3,5H3;6,13-15H,1,7-12H2,2-5H3;6,9,14-15H,1,7-8,10-12H2,2-5H3/b;15-12+;15-11+;14-10+;;14-6+;;;. The van der Waals surface area contributed by atoms with Gasteiger partial charge < -0.3 is 0 Å². The van der Waals surface area contributed by atoms with Gasteiger partial charge in [-0.05, 0) is 334 Å². The van der Waals surface area contributed by atoms with Crippen molar-refractivity contribution in [2.24, 2.45) is 124 Å². The lowest BCUT2D eigenvalue weighted by atomic mass is 9.91. The van der Waals surface area contributed by atoms with Crippen LogP contribution in [0, 0.1) is 124 Å². The summed E-state index contributed by atoms with van der Waals surface area (Å²) in [6.07, 6.45) is 98.1. The Labute approximate surface area is 895 Å². The van der Waals surface area contributed by atoms with Crippen molar-refractivity contribution >= 4 is 0 Å². The van der Waals surface area contributed by atoms with Crippen LogP contribution in [-0.2, 0) is 0 Å². The van der Waals surface area contributed by atoms with Crippen molar-refractivity contribution in [3.8, 4) is 0 Å². The van der Waals surface area contributed by atoms with Crippen LogP contribution in [0.2, 0.25) is 0 Å². The minimum Gasteiger partial charge on any atom is -0.103 e. The number of hydrogen-bond donors (Lipinski definition) is 0. The van der Waals surface area contributed by atoms with Crippen molar-refractivity contribution in [1.29, 1.82) is 0 Å². The Kier molecular flexibility index (Phi) is 127. The van der Waals surface area contributed by atoms with E-state index in [1.807, 2.05) is 0 Å². The molecule has 0 N–H and O–H groups in total. The minimum atomic E-state index is 0.690. The van der Waals surface area contributed by atoms with E-state index in [-0.39, 0.29) is 0 Å². The van der Waals surface area contributed by atoms with Crippen molar-refractivity contribution in [3.63, 3.8) is 0 Å². The van der Waals surface area contributed by atoms with Gasteiger partial charge in [0.15, 0.2) is 0 Å². The topological polar surface area (TPSA) is 0 Å². The molecule has 0 aliphatic carbocycles. The number of hydrogen-bond acceptors (Lipinski definition) is 0. The lowest BCUT2D eigenvalue weighted by molar-refractivity contribution is 0.383. The molecule has 0 aliphatic rings. The summed E-state index contributed by atoms with van der Waals surface area (Å²) in [4.78, 5) is 0. The Balaban J connectivity index is -0.000000197. The van der Waals surface area contributed by atoms with E-state index in [0.717, 1.165) is 113 Å². The van der Waals surface area contributed by atoms with E-state index in [9.17, 15) is 0 Å². The third-order valence-electron chi connectivity index (χ3n) is 30.2. The highest BCUT2D eigenvalue weighted by molar-refractivity contribution is 5.00. The SMILES string of the molecule is C/C=C(\C)CCCC(C)CCCC(C)C.C=C(CC)CCCC(C)CCCC(C)C.C=CC(C)CCCC(C)CCC=C(C)C.C=CC(C)CCCC(C)CCCC(C)C.C=CC(C)CCCC(C)CCCC(C)CCCC(C)C.CC/C(C)=C/CCC(C)CCCC(C)C.CCC(C)CC/C=C(\C)CCCC(C)C.CCC(C)CCC/C(C)=C/CCC(C)C.CCC(C)CCCC(C)CCC=C(C)C. The molecule has 0 nitrogen and oxygen atoms in total. The molecule has 0 heterocycles. The highest BCUT2D eigenvalue weighted by atomic mass is 14.2. The fourth-order valence-electron chi connectivity index (χ4n) is 17.3. The molecule has 0 fully saturated rings. The first-order valence-electron chi connectivity index (χ1n) is 62.3. The molecule has 0 bridgehead atoms. The smallest absolute Gasteiger partial charge is 0.0265 e. The van der Waals surface area contributed by atoms with E-state index >= 15 is 0 Å².